The molecule has 0 fully saturated rings. The summed E-state index contributed by atoms with van der Waals surface area (Å²) in [5.41, 5.74) is 1.75. The molecule has 1 aromatic carbocycles. The summed E-state index contributed by atoms with van der Waals surface area (Å²) in [6.45, 7) is 2.46. The number of methoxy groups -OCH3 is 1. The van der Waals surface area contributed by atoms with E-state index in [1.165, 1.54) is 6.33 Å². The average Bonchev–Trinajstić information content (AvgIpc) is 2.90. The third kappa shape index (κ3) is 3.54. The van der Waals surface area contributed by atoms with Crippen molar-refractivity contribution in [2.75, 3.05) is 12.4 Å². The standard InChI is InChI=1S/C13H16N4O2/c1-10-3-4-12(19-2)11(7-10)16-13(18)5-6-17-9-14-8-15-17/h3-4,7-9H,5-6H2,1-2H3,(H,16,18). The van der Waals surface area contributed by atoms with Crippen LogP contribution in [0.4, 0.5) is 5.69 Å². The lowest BCUT2D eigenvalue weighted by Gasteiger charge is -2.10. The summed E-state index contributed by atoms with van der Waals surface area (Å²) in [5.74, 6) is 0.569. The van der Waals surface area contributed by atoms with E-state index in [-0.39, 0.29) is 5.91 Å². The molecular weight excluding hydrogens is 244 g/mol. The zero-order chi connectivity index (χ0) is 13.7. The Bertz CT molecular complexity index is 552. The Morgan fingerprint density at radius 2 is 2.32 bits per heavy atom. The zero-order valence-electron chi connectivity index (χ0n) is 11.0. The highest BCUT2D eigenvalue weighted by atomic mass is 16.5. The maximum Gasteiger partial charge on any atom is 0.226 e. The Kier molecular flexibility index (Phi) is 4.12. The van der Waals surface area contributed by atoms with E-state index < -0.39 is 0 Å². The molecule has 0 spiro atoms. The van der Waals surface area contributed by atoms with E-state index in [2.05, 4.69) is 15.4 Å². The van der Waals surface area contributed by atoms with Crippen LogP contribution in [0.3, 0.4) is 0 Å². The first-order chi connectivity index (χ1) is 9.19. The predicted octanol–water partition coefficient (Wildman–Crippen LogP) is 1.62. The maximum atomic E-state index is 11.9. The Morgan fingerprint density at radius 3 is 3.00 bits per heavy atom. The number of hydrogen-bond donors (Lipinski definition) is 1. The molecule has 0 bridgehead atoms. The highest BCUT2D eigenvalue weighted by Gasteiger charge is 2.08. The number of ether oxygens (including phenoxy) is 1. The second kappa shape index (κ2) is 5.99. The van der Waals surface area contributed by atoms with Crippen LogP contribution < -0.4 is 10.1 Å². The normalized spacial score (nSPS) is 10.2. The van der Waals surface area contributed by atoms with Gasteiger partial charge in [0.05, 0.1) is 19.3 Å². The van der Waals surface area contributed by atoms with Crippen molar-refractivity contribution < 1.29 is 9.53 Å². The number of rotatable bonds is 5. The summed E-state index contributed by atoms with van der Waals surface area (Å²) in [6.07, 6.45) is 3.36. The van der Waals surface area contributed by atoms with Gasteiger partial charge in [-0.1, -0.05) is 6.07 Å². The van der Waals surface area contributed by atoms with E-state index in [9.17, 15) is 4.79 Å². The quantitative estimate of drug-likeness (QED) is 0.887. The molecule has 100 valence electrons. The van der Waals surface area contributed by atoms with Gasteiger partial charge in [-0.05, 0) is 24.6 Å². The van der Waals surface area contributed by atoms with Gasteiger partial charge in [0.15, 0.2) is 0 Å². The Balaban J connectivity index is 1.96. The summed E-state index contributed by atoms with van der Waals surface area (Å²) in [4.78, 5) is 15.7. The van der Waals surface area contributed by atoms with Gasteiger partial charge in [-0.3, -0.25) is 9.48 Å². The number of aryl methyl sites for hydroxylation is 2. The highest BCUT2D eigenvalue weighted by molar-refractivity contribution is 5.92. The smallest absolute Gasteiger partial charge is 0.226 e. The maximum absolute atomic E-state index is 11.9. The number of amides is 1. The van der Waals surface area contributed by atoms with Crippen molar-refractivity contribution in [2.24, 2.45) is 0 Å². The number of benzene rings is 1. The average molecular weight is 260 g/mol. The molecule has 0 saturated heterocycles. The van der Waals surface area contributed by atoms with Gasteiger partial charge in [0.2, 0.25) is 5.91 Å². The van der Waals surface area contributed by atoms with Crippen molar-refractivity contribution in [2.45, 2.75) is 19.9 Å². The van der Waals surface area contributed by atoms with Gasteiger partial charge in [0, 0.05) is 6.42 Å². The van der Waals surface area contributed by atoms with Crippen molar-refractivity contribution in [3.05, 3.63) is 36.4 Å². The lowest BCUT2D eigenvalue weighted by atomic mass is 10.2. The largest absolute Gasteiger partial charge is 0.495 e. The predicted molar refractivity (Wildman–Crippen MR) is 71.0 cm³/mol. The number of aromatic nitrogens is 3. The number of carbonyl (C=O) groups excluding carboxylic acids is 1. The van der Waals surface area contributed by atoms with E-state index in [0.717, 1.165) is 5.56 Å². The second-order valence-corrected chi connectivity index (χ2v) is 4.16. The first-order valence-corrected chi connectivity index (χ1v) is 5.96. The van der Waals surface area contributed by atoms with Crippen LogP contribution in [0.2, 0.25) is 0 Å². The molecule has 1 aromatic heterocycles. The van der Waals surface area contributed by atoms with Crippen LogP contribution in [-0.2, 0) is 11.3 Å². The Morgan fingerprint density at radius 1 is 1.47 bits per heavy atom. The first-order valence-electron chi connectivity index (χ1n) is 5.96. The van der Waals surface area contributed by atoms with E-state index in [1.54, 1.807) is 18.1 Å². The summed E-state index contributed by atoms with van der Waals surface area (Å²) in [7, 11) is 1.58. The van der Waals surface area contributed by atoms with Gasteiger partial charge in [-0.25, -0.2) is 4.98 Å². The van der Waals surface area contributed by atoms with Crippen LogP contribution in [0.1, 0.15) is 12.0 Å². The summed E-state index contributed by atoms with van der Waals surface area (Å²) >= 11 is 0. The molecule has 6 heteroatoms. The van der Waals surface area contributed by atoms with Crippen molar-refractivity contribution in [1.29, 1.82) is 0 Å². The van der Waals surface area contributed by atoms with Crippen LogP contribution in [0.5, 0.6) is 5.75 Å². The molecular formula is C13H16N4O2. The highest BCUT2D eigenvalue weighted by Crippen LogP contribution is 2.25. The minimum Gasteiger partial charge on any atom is -0.495 e. The number of nitrogens with zero attached hydrogens (tertiary/aromatic N) is 3. The van der Waals surface area contributed by atoms with Crippen molar-refractivity contribution in [1.82, 2.24) is 14.8 Å². The summed E-state index contributed by atoms with van der Waals surface area (Å²) in [6, 6.07) is 5.65. The number of anilines is 1. The third-order valence-corrected chi connectivity index (χ3v) is 2.66. The molecule has 1 N–H and O–H groups in total. The molecule has 19 heavy (non-hydrogen) atoms. The van der Waals surface area contributed by atoms with Crippen LogP contribution in [0, 0.1) is 6.92 Å². The van der Waals surface area contributed by atoms with Gasteiger partial charge in [0.25, 0.3) is 0 Å². The van der Waals surface area contributed by atoms with E-state index >= 15 is 0 Å². The molecule has 2 rings (SSSR count). The molecule has 1 heterocycles. The van der Waals surface area contributed by atoms with Gasteiger partial charge < -0.3 is 10.1 Å². The second-order valence-electron chi connectivity index (χ2n) is 4.16. The summed E-state index contributed by atoms with van der Waals surface area (Å²) < 4.78 is 6.83. The molecule has 0 aliphatic heterocycles. The third-order valence-electron chi connectivity index (χ3n) is 2.66. The first kappa shape index (κ1) is 13.1. The summed E-state index contributed by atoms with van der Waals surface area (Å²) in [5, 5.41) is 6.78. The molecule has 6 nitrogen and oxygen atoms in total. The minimum atomic E-state index is -0.0839. The molecule has 2 aromatic rings. The molecule has 0 atom stereocenters. The van der Waals surface area contributed by atoms with Gasteiger partial charge in [-0.15, -0.1) is 0 Å². The van der Waals surface area contributed by atoms with Crippen LogP contribution in [-0.4, -0.2) is 27.8 Å². The number of hydrogen-bond acceptors (Lipinski definition) is 4. The minimum absolute atomic E-state index is 0.0839. The van der Waals surface area contributed by atoms with E-state index in [4.69, 9.17) is 4.74 Å². The van der Waals surface area contributed by atoms with E-state index in [0.29, 0.717) is 24.4 Å². The van der Waals surface area contributed by atoms with Gasteiger partial charge >= 0.3 is 0 Å². The van der Waals surface area contributed by atoms with Crippen molar-refractivity contribution in [3.8, 4) is 5.75 Å². The fraction of sp³-hybridized carbons (Fsp3) is 0.308. The molecule has 0 aliphatic rings. The fourth-order valence-electron chi connectivity index (χ4n) is 1.70. The molecule has 1 amide bonds. The Labute approximate surface area is 111 Å². The van der Waals surface area contributed by atoms with Crippen molar-refractivity contribution >= 4 is 11.6 Å². The Hall–Kier alpha value is -2.37. The van der Waals surface area contributed by atoms with Crippen LogP contribution in [0.25, 0.3) is 0 Å². The van der Waals surface area contributed by atoms with Crippen LogP contribution in [0.15, 0.2) is 30.9 Å². The SMILES string of the molecule is COc1ccc(C)cc1NC(=O)CCn1cncn1. The van der Waals surface area contributed by atoms with Crippen molar-refractivity contribution in [3.63, 3.8) is 0 Å². The molecule has 0 saturated carbocycles. The zero-order valence-corrected chi connectivity index (χ0v) is 11.0. The lowest BCUT2D eigenvalue weighted by molar-refractivity contribution is -0.116. The molecule has 0 radical (unpaired) electrons. The number of carbonyl (C=O) groups is 1. The topological polar surface area (TPSA) is 69.0 Å². The van der Waals surface area contributed by atoms with Gasteiger partial charge in [-0.2, -0.15) is 5.10 Å². The molecule has 0 aliphatic carbocycles. The number of nitrogens with one attached hydrogen (secondary N) is 1. The van der Waals surface area contributed by atoms with Crippen LogP contribution >= 0.6 is 0 Å². The van der Waals surface area contributed by atoms with E-state index in [1.807, 2.05) is 25.1 Å². The monoisotopic (exact) mass is 260 g/mol. The lowest BCUT2D eigenvalue weighted by Crippen LogP contribution is -2.15. The van der Waals surface area contributed by atoms with Gasteiger partial charge in [0.1, 0.15) is 18.4 Å². The fourth-order valence-corrected chi connectivity index (χ4v) is 1.70. The molecule has 0 unspecified atom stereocenters.